The molecule has 1 N–H and O–H groups in total. The van der Waals surface area contributed by atoms with Crippen molar-refractivity contribution in [3.8, 4) is 5.75 Å². The number of ether oxygens (including phenoxy) is 1. The van der Waals surface area contributed by atoms with Gasteiger partial charge in [0.15, 0.2) is 0 Å². The van der Waals surface area contributed by atoms with Crippen LogP contribution in [0.5, 0.6) is 5.75 Å². The summed E-state index contributed by atoms with van der Waals surface area (Å²) >= 11 is 0. The standard InChI is InChI=1S/C28H29N3O3/c1-4-30(5-2)22-16-14-21(15-17-22)29-26-25(20-12-18-24(19-13-20)34-6-3)27(32)31(28(26)33)23-10-8-7-9-11-23/h7-19,29H,4-6H2,1-3H3. The highest BCUT2D eigenvalue weighted by molar-refractivity contribution is 6.46. The van der Waals surface area contributed by atoms with E-state index in [4.69, 9.17) is 4.74 Å². The second-order valence-corrected chi connectivity index (χ2v) is 7.83. The number of hydrogen-bond acceptors (Lipinski definition) is 5. The molecule has 1 heterocycles. The van der Waals surface area contributed by atoms with E-state index in [-0.39, 0.29) is 17.5 Å². The summed E-state index contributed by atoms with van der Waals surface area (Å²) < 4.78 is 5.54. The van der Waals surface area contributed by atoms with E-state index in [9.17, 15) is 9.59 Å². The van der Waals surface area contributed by atoms with Crippen LogP contribution in [0.3, 0.4) is 0 Å². The molecule has 6 nitrogen and oxygen atoms in total. The van der Waals surface area contributed by atoms with E-state index in [0.29, 0.717) is 29.2 Å². The molecule has 1 aliphatic heterocycles. The molecule has 2 amide bonds. The molecule has 0 atom stereocenters. The van der Waals surface area contributed by atoms with Gasteiger partial charge in [0.25, 0.3) is 11.8 Å². The van der Waals surface area contributed by atoms with Crippen LogP contribution in [0.25, 0.3) is 5.57 Å². The summed E-state index contributed by atoms with van der Waals surface area (Å²) in [7, 11) is 0. The molecule has 4 rings (SSSR count). The number of nitrogens with one attached hydrogen (secondary N) is 1. The average Bonchev–Trinajstić information content (AvgIpc) is 3.11. The van der Waals surface area contributed by atoms with Crippen molar-refractivity contribution in [1.82, 2.24) is 0 Å². The normalized spacial score (nSPS) is 13.4. The van der Waals surface area contributed by atoms with Gasteiger partial charge in [-0.25, -0.2) is 4.90 Å². The molecule has 0 spiro atoms. The lowest BCUT2D eigenvalue weighted by molar-refractivity contribution is -0.120. The second-order valence-electron chi connectivity index (χ2n) is 7.83. The number of rotatable bonds is 9. The molecular formula is C28H29N3O3. The zero-order chi connectivity index (χ0) is 24.1. The predicted molar refractivity (Wildman–Crippen MR) is 137 cm³/mol. The fourth-order valence-electron chi connectivity index (χ4n) is 4.10. The Hall–Kier alpha value is -4.06. The van der Waals surface area contributed by atoms with E-state index in [0.717, 1.165) is 24.5 Å². The van der Waals surface area contributed by atoms with Crippen LogP contribution in [0.4, 0.5) is 17.1 Å². The van der Waals surface area contributed by atoms with E-state index < -0.39 is 0 Å². The molecule has 0 fully saturated rings. The van der Waals surface area contributed by atoms with Crippen LogP contribution in [0.2, 0.25) is 0 Å². The molecule has 3 aromatic carbocycles. The van der Waals surface area contributed by atoms with Crippen LogP contribution in [0.1, 0.15) is 26.3 Å². The largest absolute Gasteiger partial charge is 0.494 e. The number of carbonyl (C=O) groups is 2. The van der Waals surface area contributed by atoms with E-state index in [1.807, 2.05) is 73.7 Å². The van der Waals surface area contributed by atoms with Gasteiger partial charge >= 0.3 is 0 Å². The fraction of sp³-hybridized carbons (Fsp3) is 0.214. The summed E-state index contributed by atoms with van der Waals surface area (Å²) in [6.07, 6.45) is 0. The maximum absolute atomic E-state index is 13.5. The van der Waals surface area contributed by atoms with Crippen molar-refractivity contribution in [2.24, 2.45) is 0 Å². The molecule has 0 aromatic heterocycles. The Kier molecular flexibility index (Phi) is 6.97. The number of anilines is 3. The fourth-order valence-corrected chi connectivity index (χ4v) is 4.10. The maximum Gasteiger partial charge on any atom is 0.282 e. The van der Waals surface area contributed by atoms with Gasteiger partial charge in [-0.3, -0.25) is 9.59 Å². The van der Waals surface area contributed by atoms with Crippen molar-refractivity contribution in [3.05, 3.63) is 90.1 Å². The quantitative estimate of drug-likeness (QED) is 0.442. The third-order valence-corrected chi connectivity index (χ3v) is 5.82. The topological polar surface area (TPSA) is 61.9 Å². The lowest BCUT2D eigenvalue weighted by atomic mass is 10.0. The highest BCUT2D eigenvalue weighted by Crippen LogP contribution is 2.34. The third-order valence-electron chi connectivity index (χ3n) is 5.82. The minimum absolute atomic E-state index is 0.258. The lowest BCUT2D eigenvalue weighted by Gasteiger charge is -2.21. The molecule has 0 saturated carbocycles. The zero-order valence-corrected chi connectivity index (χ0v) is 19.7. The van der Waals surface area contributed by atoms with Gasteiger partial charge < -0.3 is 15.0 Å². The Morgan fingerprint density at radius 3 is 2.03 bits per heavy atom. The van der Waals surface area contributed by atoms with E-state index in [1.54, 1.807) is 12.1 Å². The van der Waals surface area contributed by atoms with Crippen molar-refractivity contribution in [2.45, 2.75) is 20.8 Å². The van der Waals surface area contributed by atoms with Gasteiger partial charge in [-0.1, -0.05) is 30.3 Å². The first-order valence-corrected chi connectivity index (χ1v) is 11.6. The number of amides is 2. The van der Waals surface area contributed by atoms with Gasteiger partial charge in [-0.05, 0) is 74.9 Å². The highest BCUT2D eigenvalue weighted by atomic mass is 16.5. The SMILES string of the molecule is CCOc1ccc(C2=C(Nc3ccc(N(CC)CC)cc3)C(=O)N(c3ccccc3)C2=O)cc1. The zero-order valence-electron chi connectivity index (χ0n) is 19.7. The second kappa shape index (κ2) is 10.3. The molecule has 0 bridgehead atoms. The third kappa shape index (κ3) is 4.53. The first-order chi connectivity index (χ1) is 16.6. The summed E-state index contributed by atoms with van der Waals surface area (Å²) in [6, 6.07) is 24.1. The Morgan fingerprint density at radius 1 is 0.794 bits per heavy atom. The molecule has 0 unspecified atom stereocenters. The highest BCUT2D eigenvalue weighted by Gasteiger charge is 2.40. The van der Waals surface area contributed by atoms with Gasteiger partial charge in [0.2, 0.25) is 0 Å². The van der Waals surface area contributed by atoms with Crippen LogP contribution < -0.4 is 19.9 Å². The van der Waals surface area contributed by atoms with Crippen LogP contribution in [0, 0.1) is 0 Å². The summed E-state index contributed by atoms with van der Waals surface area (Å²) in [5, 5.41) is 3.23. The number of nitrogens with zero attached hydrogens (tertiary/aromatic N) is 2. The minimum atomic E-state index is -0.382. The van der Waals surface area contributed by atoms with E-state index in [1.165, 1.54) is 4.90 Å². The first kappa shape index (κ1) is 23.1. The van der Waals surface area contributed by atoms with Gasteiger partial charge in [-0.2, -0.15) is 0 Å². The van der Waals surface area contributed by atoms with Crippen LogP contribution in [-0.4, -0.2) is 31.5 Å². The maximum atomic E-state index is 13.5. The number of para-hydroxylation sites is 1. The van der Waals surface area contributed by atoms with Gasteiger partial charge in [0, 0.05) is 24.5 Å². The molecule has 3 aromatic rings. The summed E-state index contributed by atoms with van der Waals surface area (Å²) in [6.45, 7) is 8.53. The van der Waals surface area contributed by atoms with Crippen molar-refractivity contribution in [2.75, 3.05) is 34.8 Å². The number of carbonyl (C=O) groups excluding carboxylic acids is 2. The molecule has 0 saturated heterocycles. The van der Waals surface area contributed by atoms with Crippen molar-refractivity contribution < 1.29 is 14.3 Å². The Morgan fingerprint density at radius 2 is 1.44 bits per heavy atom. The predicted octanol–water partition coefficient (Wildman–Crippen LogP) is 5.33. The Bertz CT molecular complexity index is 1180. The number of benzene rings is 3. The molecule has 6 heteroatoms. The van der Waals surface area contributed by atoms with E-state index in [2.05, 4.69) is 24.1 Å². The van der Waals surface area contributed by atoms with Crippen molar-refractivity contribution in [1.29, 1.82) is 0 Å². The molecule has 34 heavy (non-hydrogen) atoms. The van der Waals surface area contributed by atoms with Crippen LogP contribution in [-0.2, 0) is 9.59 Å². The molecular weight excluding hydrogens is 426 g/mol. The monoisotopic (exact) mass is 455 g/mol. The van der Waals surface area contributed by atoms with Crippen LogP contribution >= 0.6 is 0 Å². The first-order valence-electron chi connectivity index (χ1n) is 11.6. The Balaban J connectivity index is 1.72. The Labute approximate surface area is 200 Å². The molecule has 0 radical (unpaired) electrons. The summed E-state index contributed by atoms with van der Waals surface area (Å²) in [5.41, 5.74) is 3.64. The van der Waals surface area contributed by atoms with Crippen LogP contribution in [0.15, 0.2) is 84.6 Å². The van der Waals surface area contributed by atoms with Gasteiger partial charge in [0.05, 0.1) is 17.9 Å². The van der Waals surface area contributed by atoms with Crippen molar-refractivity contribution in [3.63, 3.8) is 0 Å². The summed E-state index contributed by atoms with van der Waals surface area (Å²) in [4.78, 5) is 30.5. The minimum Gasteiger partial charge on any atom is -0.494 e. The van der Waals surface area contributed by atoms with E-state index >= 15 is 0 Å². The lowest BCUT2D eigenvalue weighted by Crippen LogP contribution is -2.32. The van der Waals surface area contributed by atoms with Crippen molar-refractivity contribution >= 4 is 34.4 Å². The smallest absolute Gasteiger partial charge is 0.282 e. The average molecular weight is 456 g/mol. The molecule has 0 aliphatic carbocycles. The van der Waals surface area contributed by atoms with Gasteiger partial charge in [0.1, 0.15) is 11.4 Å². The molecule has 174 valence electrons. The summed E-state index contributed by atoms with van der Waals surface area (Å²) in [5.74, 6) is -0.0273. The number of hydrogen-bond donors (Lipinski definition) is 1. The van der Waals surface area contributed by atoms with Gasteiger partial charge in [-0.15, -0.1) is 0 Å². The number of imide groups is 1. The molecule has 1 aliphatic rings.